The van der Waals surface area contributed by atoms with Gasteiger partial charge in [-0.3, -0.25) is 4.90 Å². The van der Waals surface area contributed by atoms with Gasteiger partial charge in [0.1, 0.15) is 9.84 Å². The molecule has 0 spiro atoms. The first-order chi connectivity index (χ1) is 7.59. The number of nitrogens with zero attached hydrogens (tertiary/aromatic N) is 1. The zero-order valence-electron chi connectivity index (χ0n) is 9.99. The number of halogens is 1. The summed E-state index contributed by atoms with van der Waals surface area (Å²) >= 11 is 5.91. The lowest BCUT2D eigenvalue weighted by atomic mass is 10.0. The number of sulfone groups is 1. The molecule has 1 atom stereocenters. The molecule has 1 unspecified atom stereocenters. The first kappa shape index (κ1) is 14.3. The summed E-state index contributed by atoms with van der Waals surface area (Å²) in [6, 6.07) is 0.458. The average molecular weight is 268 g/mol. The maximum absolute atomic E-state index is 11.3. The van der Waals surface area contributed by atoms with Crippen LogP contribution in [0.15, 0.2) is 0 Å². The van der Waals surface area contributed by atoms with E-state index in [9.17, 15) is 8.42 Å². The van der Waals surface area contributed by atoms with E-state index >= 15 is 0 Å². The summed E-state index contributed by atoms with van der Waals surface area (Å²) < 4.78 is 22.7. The van der Waals surface area contributed by atoms with Gasteiger partial charge < -0.3 is 0 Å². The molecule has 1 aliphatic heterocycles. The van der Waals surface area contributed by atoms with Crippen molar-refractivity contribution in [3.05, 3.63) is 0 Å². The van der Waals surface area contributed by atoms with Gasteiger partial charge in [0.25, 0.3) is 0 Å². The quantitative estimate of drug-likeness (QED) is 0.690. The van der Waals surface area contributed by atoms with Crippen LogP contribution in [0.2, 0.25) is 0 Å². The minimum Gasteiger partial charge on any atom is -0.299 e. The number of rotatable bonds is 6. The fraction of sp³-hybridized carbons (Fsp3) is 1.00. The Morgan fingerprint density at radius 3 is 2.75 bits per heavy atom. The van der Waals surface area contributed by atoms with E-state index in [0.29, 0.717) is 17.7 Å². The van der Waals surface area contributed by atoms with Gasteiger partial charge in [0.05, 0.1) is 5.75 Å². The summed E-state index contributed by atoms with van der Waals surface area (Å²) in [6.45, 7) is 3.65. The summed E-state index contributed by atoms with van der Waals surface area (Å²) in [7, 11) is -2.80. The Hall–Kier alpha value is 0.200. The molecule has 1 heterocycles. The van der Waals surface area contributed by atoms with Crippen molar-refractivity contribution in [2.24, 2.45) is 0 Å². The van der Waals surface area contributed by atoms with E-state index in [-0.39, 0.29) is 5.75 Å². The third kappa shape index (κ3) is 4.60. The fourth-order valence-electron chi connectivity index (χ4n) is 2.16. The third-order valence-electron chi connectivity index (χ3n) is 3.27. The smallest absolute Gasteiger partial charge is 0.150 e. The molecular formula is C11H22ClNO2S. The molecule has 1 aliphatic rings. The van der Waals surface area contributed by atoms with Crippen molar-refractivity contribution in [3.63, 3.8) is 0 Å². The second-order valence-corrected chi connectivity index (χ2v) is 7.21. The van der Waals surface area contributed by atoms with Crippen molar-refractivity contribution < 1.29 is 8.42 Å². The van der Waals surface area contributed by atoms with Gasteiger partial charge in [0.2, 0.25) is 0 Å². The van der Waals surface area contributed by atoms with Gasteiger partial charge >= 0.3 is 0 Å². The highest BCUT2D eigenvalue weighted by molar-refractivity contribution is 7.91. The molecule has 1 saturated heterocycles. The van der Waals surface area contributed by atoms with E-state index in [2.05, 4.69) is 4.90 Å². The van der Waals surface area contributed by atoms with Crippen molar-refractivity contribution in [3.8, 4) is 0 Å². The number of likely N-dealkylation sites (tertiary alicyclic amines) is 1. The zero-order chi connectivity index (χ0) is 12.0. The molecule has 1 fully saturated rings. The van der Waals surface area contributed by atoms with E-state index in [4.69, 9.17) is 11.6 Å². The van der Waals surface area contributed by atoms with Crippen LogP contribution >= 0.6 is 11.6 Å². The van der Waals surface area contributed by atoms with Gasteiger partial charge in [-0.15, -0.1) is 11.6 Å². The SMILES string of the molecule is CCS(=O)(=O)CCCN1CCCCC1CCl. The number of hydrogen-bond acceptors (Lipinski definition) is 3. The van der Waals surface area contributed by atoms with Crippen molar-refractivity contribution in [2.45, 2.75) is 38.6 Å². The standard InChI is InChI=1S/C11H22ClNO2S/c1-2-16(14,15)9-5-8-13-7-4-3-6-11(13)10-12/h11H,2-10H2,1H3. The molecule has 0 N–H and O–H groups in total. The Morgan fingerprint density at radius 1 is 1.38 bits per heavy atom. The molecule has 0 radical (unpaired) electrons. The van der Waals surface area contributed by atoms with E-state index in [0.717, 1.165) is 25.9 Å². The highest BCUT2D eigenvalue weighted by atomic mass is 35.5. The van der Waals surface area contributed by atoms with Gasteiger partial charge in [-0.2, -0.15) is 0 Å². The summed E-state index contributed by atoms with van der Waals surface area (Å²) in [4.78, 5) is 2.35. The summed E-state index contributed by atoms with van der Waals surface area (Å²) in [6.07, 6.45) is 4.36. The van der Waals surface area contributed by atoms with E-state index in [1.807, 2.05) is 0 Å². The van der Waals surface area contributed by atoms with Gasteiger partial charge in [-0.05, 0) is 32.4 Å². The van der Waals surface area contributed by atoms with Gasteiger partial charge in [-0.1, -0.05) is 13.3 Å². The highest BCUT2D eigenvalue weighted by Crippen LogP contribution is 2.18. The molecule has 1 rings (SSSR count). The summed E-state index contributed by atoms with van der Waals surface area (Å²) in [5.74, 6) is 1.24. The van der Waals surface area contributed by atoms with Crippen LogP contribution in [0, 0.1) is 0 Å². The normalized spacial score (nSPS) is 23.5. The number of alkyl halides is 1. The Morgan fingerprint density at radius 2 is 2.12 bits per heavy atom. The van der Waals surface area contributed by atoms with Crippen LogP contribution in [0.25, 0.3) is 0 Å². The predicted molar refractivity (Wildman–Crippen MR) is 68.9 cm³/mol. The highest BCUT2D eigenvalue weighted by Gasteiger charge is 2.21. The molecule has 0 aromatic carbocycles. The molecule has 16 heavy (non-hydrogen) atoms. The topological polar surface area (TPSA) is 37.4 Å². The molecular weight excluding hydrogens is 246 g/mol. The Kier molecular flexibility index (Phi) is 6.08. The second kappa shape index (κ2) is 6.82. The monoisotopic (exact) mass is 267 g/mol. The van der Waals surface area contributed by atoms with Crippen LogP contribution in [0.4, 0.5) is 0 Å². The molecule has 0 bridgehead atoms. The van der Waals surface area contributed by atoms with E-state index in [1.165, 1.54) is 12.8 Å². The first-order valence-corrected chi connectivity index (χ1v) is 8.45. The minimum absolute atomic E-state index is 0.256. The predicted octanol–water partition coefficient (Wildman–Crippen LogP) is 1.90. The molecule has 0 amide bonds. The van der Waals surface area contributed by atoms with Crippen molar-refractivity contribution in [2.75, 3.05) is 30.5 Å². The van der Waals surface area contributed by atoms with Crippen molar-refractivity contribution in [1.29, 1.82) is 0 Å². The Labute approximate surface area is 104 Å². The Bertz CT molecular complexity index is 292. The first-order valence-electron chi connectivity index (χ1n) is 6.09. The number of piperidine rings is 1. The van der Waals surface area contributed by atoms with Gasteiger partial charge in [-0.25, -0.2) is 8.42 Å². The molecule has 3 nitrogen and oxygen atoms in total. The van der Waals surface area contributed by atoms with Crippen LogP contribution in [0.1, 0.15) is 32.6 Å². The Balaban J connectivity index is 2.30. The fourth-order valence-corrected chi connectivity index (χ4v) is 3.37. The van der Waals surface area contributed by atoms with Crippen molar-refractivity contribution >= 4 is 21.4 Å². The molecule has 0 aromatic rings. The maximum atomic E-state index is 11.3. The lowest BCUT2D eigenvalue weighted by Crippen LogP contribution is -2.41. The largest absolute Gasteiger partial charge is 0.299 e. The van der Waals surface area contributed by atoms with Crippen LogP contribution in [0.5, 0.6) is 0 Å². The third-order valence-corrected chi connectivity index (χ3v) is 5.41. The van der Waals surface area contributed by atoms with Gasteiger partial charge in [0.15, 0.2) is 0 Å². The zero-order valence-corrected chi connectivity index (χ0v) is 11.6. The summed E-state index contributed by atoms with van der Waals surface area (Å²) in [5, 5.41) is 0. The molecule has 0 saturated carbocycles. The lowest BCUT2D eigenvalue weighted by molar-refractivity contribution is 0.163. The minimum atomic E-state index is -2.80. The van der Waals surface area contributed by atoms with Crippen LogP contribution < -0.4 is 0 Å². The van der Waals surface area contributed by atoms with E-state index < -0.39 is 9.84 Å². The number of hydrogen-bond donors (Lipinski definition) is 0. The molecule has 96 valence electrons. The van der Waals surface area contributed by atoms with Crippen LogP contribution in [0.3, 0.4) is 0 Å². The maximum Gasteiger partial charge on any atom is 0.150 e. The van der Waals surface area contributed by atoms with Crippen LogP contribution in [-0.2, 0) is 9.84 Å². The summed E-state index contributed by atoms with van der Waals surface area (Å²) in [5.41, 5.74) is 0. The molecule has 0 aliphatic carbocycles. The molecule has 0 aromatic heterocycles. The van der Waals surface area contributed by atoms with Crippen molar-refractivity contribution in [1.82, 2.24) is 4.90 Å². The van der Waals surface area contributed by atoms with Gasteiger partial charge in [0, 0.05) is 17.7 Å². The average Bonchev–Trinajstić information content (AvgIpc) is 2.29. The second-order valence-electron chi connectivity index (χ2n) is 4.43. The lowest BCUT2D eigenvalue weighted by Gasteiger charge is -2.34. The molecule has 5 heteroatoms. The van der Waals surface area contributed by atoms with E-state index in [1.54, 1.807) is 6.92 Å². The van der Waals surface area contributed by atoms with Crippen LogP contribution in [-0.4, -0.2) is 49.8 Å².